The van der Waals surface area contributed by atoms with Gasteiger partial charge in [0.15, 0.2) is 0 Å². The molecule has 2 atom stereocenters. The van der Waals surface area contributed by atoms with Crippen LogP contribution >= 0.6 is 0 Å². The molecule has 1 aromatic carbocycles. The Balaban J connectivity index is 0.00000259. The van der Waals surface area contributed by atoms with Crippen molar-refractivity contribution in [3.63, 3.8) is 0 Å². The summed E-state index contributed by atoms with van der Waals surface area (Å²) in [6, 6.07) is 9.24. The first-order valence-corrected chi connectivity index (χ1v) is 12.4. The molecule has 4 aliphatic heterocycles. The lowest BCUT2D eigenvalue weighted by Gasteiger charge is -2.48. The summed E-state index contributed by atoms with van der Waals surface area (Å²) in [4.78, 5) is 31.0. The van der Waals surface area contributed by atoms with Gasteiger partial charge in [-0.3, -0.25) is 4.90 Å². The summed E-state index contributed by atoms with van der Waals surface area (Å²) < 4.78 is 5.33. The van der Waals surface area contributed by atoms with E-state index in [1.807, 2.05) is 17.9 Å². The van der Waals surface area contributed by atoms with E-state index in [-0.39, 0.29) is 19.0 Å². The first-order chi connectivity index (χ1) is 15.5. The number of likely N-dealkylation sites (tertiary alicyclic amines) is 1. The van der Waals surface area contributed by atoms with Crippen molar-refractivity contribution in [1.29, 1.82) is 0 Å². The zero-order valence-electron chi connectivity index (χ0n) is 19.2. The molecule has 3 amide bonds. The number of anilines is 1. The van der Waals surface area contributed by atoms with Gasteiger partial charge in [-0.25, -0.2) is 9.59 Å². The summed E-state index contributed by atoms with van der Waals surface area (Å²) in [7, 11) is 0. The first kappa shape index (κ1) is 21.6. The number of hydrogen-bond acceptors (Lipinski definition) is 4. The minimum absolute atomic E-state index is 0. The van der Waals surface area contributed by atoms with Crippen molar-refractivity contribution in [2.75, 3.05) is 31.1 Å². The van der Waals surface area contributed by atoms with Crippen LogP contribution in [0.5, 0.6) is 0 Å². The molecule has 5 rings (SSSR count). The van der Waals surface area contributed by atoms with E-state index >= 15 is 0 Å². The molecular weight excluding hydrogens is 404 g/mol. The molecule has 0 saturated carbocycles. The van der Waals surface area contributed by atoms with Crippen LogP contribution in [-0.4, -0.2) is 66.3 Å². The highest BCUT2D eigenvalue weighted by Gasteiger charge is 2.47. The number of piperidine rings is 2. The van der Waals surface area contributed by atoms with E-state index in [2.05, 4.69) is 23.1 Å². The van der Waals surface area contributed by atoms with E-state index in [1.54, 1.807) is 4.90 Å². The van der Waals surface area contributed by atoms with Crippen LogP contribution in [0.15, 0.2) is 24.3 Å². The van der Waals surface area contributed by atoms with Crippen LogP contribution < -0.4 is 10.6 Å². The van der Waals surface area contributed by atoms with Crippen LogP contribution in [0.2, 0.25) is 0 Å². The van der Waals surface area contributed by atoms with Gasteiger partial charge in [-0.15, -0.1) is 0 Å². The third-order valence-electron chi connectivity index (χ3n) is 8.53. The van der Waals surface area contributed by atoms with Crippen molar-refractivity contribution >= 4 is 17.8 Å². The highest BCUT2D eigenvalue weighted by molar-refractivity contribution is 5.92. The molecule has 2 unspecified atom stereocenters. The van der Waals surface area contributed by atoms with Crippen molar-refractivity contribution in [2.45, 2.75) is 81.8 Å². The van der Waals surface area contributed by atoms with Crippen LogP contribution in [-0.2, 0) is 10.2 Å². The van der Waals surface area contributed by atoms with Gasteiger partial charge in [-0.1, -0.05) is 18.2 Å². The number of para-hydroxylation sites is 1. The SMILES string of the molecule is CCOC(=O)N1C2CCC1CC(N1CCC3(CCCN(C(N)=O)c4ccccc43)CC1)C2.[HH]. The van der Waals surface area contributed by atoms with E-state index < -0.39 is 0 Å². The van der Waals surface area contributed by atoms with Gasteiger partial charge in [0.05, 0.1) is 6.61 Å². The fourth-order valence-electron chi connectivity index (χ4n) is 7.00. The normalized spacial score (nSPS) is 29.5. The number of urea groups is 1. The summed E-state index contributed by atoms with van der Waals surface area (Å²) in [5.41, 5.74) is 8.15. The molecule has 4 aliphatic rings. The first-order valence-electron chi connectivity index (χ1n) is 12.4. The largest absolute Gasteiger partial charge is 0.450 e. The third kappa shape index (κ3) is 3.64. The number of nitrogens with zero attached hydrogens (tertiary/aromatic N) is 3. The van der Waals surface area contributed by atoms with E-state index in [9.17, 15) is 9.59 Å². The van der Waals surface area contributed by atoms with Gasteiger partial charge >= 0.3 is 12.1 Å². The van der Waals surface area contributed by atoms with Crippen LogP contribution in [0.25, 0.3) is 0 Å². The Bertz CT molecular complexity index is 859. The Kier molecular flexibility index (Phi) is 5.78. The molecule has 32 heavy (non-hydrogen) atoms. The molecule has 3 fully saturated rings. The van der Waals surface area contributed by atoms with Crippen LogP contribution in [0.3, 0.4) is 0 Å². The molecule has 2 N–H and O–H groups in total. The zero-order chi connectivity index (χ0) is 22.3. The number of nitrogens with two attached hydrogens (primary N) is 1. The van der Waals surface area contributed by atoms with Gasteiger partial charge in [0.25, 0.3) is 0 Å². The van der Waals surface area contributed by atoms with Gasteiger partial charge < -0.3 is 20.3 Å². The quantitative estimate of drug-likeness (QED) is 0.748. The Morgan fingerprint density at radius 2 is 1.75 bits per heavy atom. The number of carbonyl (C=O) groups excluding carboxylic acids is 2. The van der Waals surface area contributed by atoms with E-state index in [4.69, 9.17) is 10.5 Å². The second-order valence-electron chi connectivity index (χ2n) is 10.0. The zero-order valence-corrected chi connectivity index (χ0v) is 19.2. The molecule has 0 aromatic heterocycles. The predicted octanol–water partition coefficient (Wildman–Crippen LogP) is 4.10. The van der Waals surface area contributed by atoms with E-state index in [1.165, 1.54) is 5.56 Å². The minimum Gasteiger partial charge on any atom is -0.450 e. The van der Waals surface area contributed by atoms with Crippen molar-refractivity contribution < 1.29 is 15.8 Å². The molecule has 176 valence electrons. The van der Waals surface area contributed by atoms with Gasteiger partial charge in [0, 0.05) is 31.8 Å². The lowest BCUT2D eigenvalue weighted by Crippen LogP contribution is -2.55. The van der Waals surface area contributed by atoms with Gasteiger partial charge in [0.1, 0.15) is 0 Å². The fraction of sp³-hybridized carbons (Fsp3) is 0.680. The average Bonchev–Trinajstić information content (AvgIpc) is 2.97. The summed E-state index contributed by atoms with van der Waals surface area (Å²) in [6.45, 7) is 5.18. The van der Waals surface area contributed by atoms with Crippen molar-refractivity contribution in [2.24, 2.45) is 5.73 Å². The number of fused-ring (bicyclic) bond motifs is 4. The minimum atomic E-state index is -0.351. The second kappa shape index (κ2) is 8.58. The maximum absolute atomic E-state index is 12.4. The standard InChI is InChI=1S/C25H36N4O3.H2/c1-2-32-24(31)29-18-8-9-19(29)17-20(16-18)27-14-11-25(12-15-27)10-5-13-28(23(26)30)22-7-4-3-6-21(22)25;/h3-4,6-7,18-20H,2,5,8-17H2,1H3,(H2,26,30);1H. The molecule has 4 heterocycles. The molecule has 0 radical (unpaired) electrons. The highest BCUT2D eigenvalue weighted by Crippen LogP contribution is 2.47. The van der Waals surface area contributed by atoms with E-state index in [0.717, 1.165) is 70.1 Å². The third-order valence-corrected chi connectivity index (χ3v) is 8.53. The number of amides is 3. The number of benzene rings is 1. The molecule has 1 aromatic rings. The molecule has 7 nitrogen and oxygen atoms in total. The Morgan fingerprint density at radius 3 is 2.41 bits per heavy atom. The van der Waals surface area contributed by atoms with Gasteiger partial charge in [-0.05, 0) is 88.4 Å². The predicted molar refractivity (Wildman–Crippen MR) is 126 cm³/mol. The number of ether oxygens (including phenoxy) is 1. The smallest absolute Gasteiger partial charge is 0.410 e. The summed E-state index contributed by atoms with van der Waals surface area (Å²) in [5, 5.41) is 0. The summed E-state index contributed by atoms with van der Waals surface area (Å²) in [5.74, 6) is 0. The maximum Gasteiger partial charge on any atom is 0.410 e. The van der Waals surface area contributed by atoms with E-state index in [0.29, 0.717) is 31.3 Å². The van der Waals surface area contributed by atoms with Crippen molar-refractivity contribution in [3.8, 4) is 0 Å². The summed E-state index contributed by atoms with van der Waals surface area (Å²) in [6.07, 6.45) is 8.54. The molecule has 1 spiro atoms. The second-order valence-corrected chi connectivity index (χ2v) is 10.0. The maximum atomic E-state index is 12.4. The molecule has 2 bridgehead atoms. The van der Waals surface area contributed by atoms with Gasteiger partial charge in [0.2, 0.25) is 0 Å². The molecule has 7 heteroatoms. The lowest BCUT2D eigenvalue weighted by atomic mass is 9.69. The van der Waals surface area contributed by atoms with Gasteiger partial charge in [-0.2, -0.15) is 0 Å². The average molecular weight is 443 g/mol. The Hall–Kier alpha value is -2.28. The van der Waals surface area contributed by atoms with Crippen LogP contribution in [0.1, 0.15) is 65.3 Å². The Morgan fingerprint density at radius 1 is 1.06 bits per heavy atom. The molecular formula is C25H38N4O3. The van der Waals surface area contributed by atoms with Crippen LogP contribution in [0, 0.1) is 0 Å². The van der Waals surface area contributed by atoms with Crippen LogP contribution in [0.4, 0.5) is 15.3 Å². The number of carbonyl (C=O) groups is 2. The lowest BCUT2D eigenvalue weighted by molar-refractivity contribution is 0.0262. The highest BCUT2D eigenvalue weighted by atomic mass is 16.6. The number of primary amides is 1. The number of rotatable bonds is 2. The fourth-order valence-corrected chi connectivity index (χ4v) is 7.00. The van der Waals surface area contributed by atoms with Crippen molar-refractivity contribution in [1.82, 2.24) is 9.80 Å². The Labute approximate surface area is 192 Å². The topological polar surface area (TPSA) is 79.1 Å². The monoisotopic (exact) mass is 442 g/mol. The molecule has 3 saturated heterocycles. The summed E-state index contributed by atoms with van der Waals surface area (Å²) >= 11 is 0. The number of hydrogen-bond donors (Lipinski definition) is 1. The van der Waals surface area contributed by atoms with Crippen molar-refractivity contribution in [3.05, 3.63) is 29.8 Å². The molecule has 0 aliphatic carbocycles.